The van der Waals surface area contributed by atoms with Crippen LogP contribution in [0.5, 0.6) is 0 Å². The maximum absolute atomic E-state index is 5.95. The molecule has 0 aliphatic rings. The lowest BCUT2D eigenvalue weighted by Gasteiger charge is -2.12. The number of imidazole rings is 1. The van der Waals surface area contributed by atoms with Gasteiger partial charge in [-0.15, -0.1) is 0 Å². The number of anilines is 2. The highest BCUT2D eigenvalue weighted by molar-refractivity contribution is 6.29. The van der Waals surface area contributed by atoms with E-state index in [4.69, 9.17) is 17.3 Å². The minimum atomic E-state index is 0.150. The van der Waals surface area contributed by atoms with Gasteiger partial charge in [0.05, 0.1) is 6.33 Å². The van der Waals surface area contributed by atoms with Crippen LogP contribution in [-0.2, 0) is 13.1 Å². The molecule has 0 bridgehead atoms. The van der Waals surface area contributed by atoms with Crippen LogP contribution in [0.1, 0.15) is 11.1 Å². The molecule has 0 radical (unpaired) electrons. The first kappa shape index (κ1) is 18.0. The lowest BCUT2D eigenvalue weighted by atomic mass is 9.98. The molecule has 28 heavy (non-hydrogen) atoms. The van der Waals surface area contributed by atoms with Crippen molar-refractivity contribution in [2.75, 3.05) is 11.1 Å². The number of rotatable bonds is 6. The van der Waals surface area contributed by atoms with E-state index >= 15 is 0 Å². The molecule has 0 amide bonds. The molecule has 0 aliphatic carbocycles. The van der Waals surface area contributed by atoms with Gasteiger partial charge in [0.2, 0.25) is 5.95 Å². The molecule has 4 aromatic rings. The van der Waals surface area contributed by atoms with Crippen molar-refractivity contribution >= 4 is 23.4 Å². The molecule has 140 valence electrons. The van der Waals surface area contributed by atoms with Crippen LogP contribution in [0.3, 0.4) is 0 Å². The maximum atomic E-state index is 5.95. The summed E-state index contributed by atoms with van der Waals surface area (Å²) in [5, 5.41) is 3.58. The number of nitrogens with zero attached hydrogens (tertiary/aromatic N) is 4. The Morgan fingerprint density at radius 3 is 2.61 bits per heavy atom. The Morgan fingerprint density at radius 2 is 1.86 bits per heavy atom. The number of hydrogen-bond donors (Lipinski definition) is 2. The van der Waals surface area contributed by atoms with Crippen LogP contribution in [-0.4, -0.2) is 19.5 Å². The van der Waals surface area contributed by atoms with Crippen molar-refractivity contribution in [2.45, 2.75) is 13.1 Å². The molecular weight excluding hydrogens is 372 g/mol. The highest BCUT2D eigenvalue weighted by Crippen LogP contribution is 2.25. The minimum Gasteiger partial charge on any atom is -0.368 e. The monoisotopic (exact) mass is 390 g/mol. The number of nitrogens with two attached hydrogens (primary N) is 1. The second kappa shape index (κ2) is 8.10. The quantitative estimate of drug-likeness (QED) is 0.481. The van der Waals surface area contributed by atoms with Gasteiger partial charge in [0.25, 0.3) is 0 Å². The van der Waals surface area contributed by atoms with Gasteiger partial charge in [-0.25, -0.2) is 9.97 Å². The van der Waals surface area contributed by atoms with Gasteiger partial charge in [0, 0.05) is 31.5 Å². The molecule has 7 heteroatoms. The van der Waals surface area contributed by atoms with E-state index in [1.807, 2.05) is 29.2 Å². The van der Waals surface area contributed by atoms with Crippen molar-refractivity contribution in [1.29, 1.82) is 0 Å². The maximum Gasteiger partial charge on any atom is 0.223 e. The topological polar surface area (TPSA) is 81.6 Å². The Bertz CT molecular complexity index is 1040. The Hall–Kier alpha value is -3.38. The number of hydrogen-bond acceptors (Lipinski definition) is 5. The lowest BCUT2D eigenvalue weighted by molar-refractivity contribution is 0.797. The molecule has 4 rings (SSSR count). The zero-order valence-electron chi connectivity index (χ0n) is 15.1. The fourth-order valence-corrected chi connectivity index (χ4v) is 3.24. The fraction of sp³-hybridized carbons (Fsp3) is 0.0952. The molecule has 6 nitrogen and oxygen atoms in total. The summed E-state index contributed by atoms with van der Waals surface area (Å²) >= 11 is 5.95. The van der Waals surface area contributed by atoms with Crippen molar-refractivity contribution < 1.29 is 0 Å². The molecule has 0 saturated heterocycles. The normalized spacial score (nSPS) is 10.8. The number of halogens is 1. The summed E-state index contributed by atoms with van der Waals surface area (Å²) in [6.45, 7) is 1.40. The van der Waals surface area contributed by atoms with E-state index in [1.165, 1.54) is 5.56 Å². The van der Waals surface area contributed by atoms with Crippen LogP contribution in [0.15, 0.2) is 73.3 Å². The van der Waals surface area contributed by atoms with Crippen LogP contribution in [0.2, 0.25) is 5.15 Å². The van der Waals surface area contributed by atoms with Gasteiger partial charge < -0.3 is 15.6 Å². The first-order chi connectivity index (χ1) is 13.7. The van der Waals surface area contributed by atoms with E-state index in [0.717, 1.165) is 23.2 Å². The summed E-state index contributed by atoms with van der Waals surface area (Å²) in [5.41, 5.74) is 10.4. The molecule has 2 heterocycles. The van der Waals surface area contributed by atoms with Crippen LogP contribution in [0.25, 0.3) is 11.1 Å². The zero-order valence-corrected chi connectivity index (χ0v) is 15.8. The molecule has 0 aliphatic heterocycles. The van der Waals surface area contributed by atoms with E-state index < -0.39 is 0 Å². The Morgan fingerprint density at radius 1 is 1.04 bits per heavy atom. The Labute approximate surface area is 168 Å². The van der Waals surface area contributed by atoms with Gasteiger partial charge in [-0.05, 0) is 22.3 Å². The number of nitrogens with one attached hydrogen (secondary N) is 1. The second-order valence-corrected chi connectivity index (χ2v) is 6.76. The minimum absolute atomic E-state index is 0.150. The molecule has 0 saturated carbocycles. The molecule has 0 unspecified atom stereocenters. The van der Waals surface area contributed by atoms with E-state index in [0.29, 0.717) is 17.5 Å². The number of nitrogen functional groups attached to an aromatic ring is 1. The van der Waals surface area contributed by atoms with Gasteiger partial charge in [-0.3, -0.25) is 0 Å². The van der Waals surface area contributed by atoms with Crippen molar-refractivity contribution in [3.8, 4) is 11.1 Å². The van der Waals surface area contributed by atoms with Crippen LogP contribution in [0.4, 0.5) is 11.8 Å². The number of benzene rings is 2. The number of aromatic nitrogens is 4. The summed E-state index contributed by atoms with van der Waals surface area (Å²) in [6.07, 6.45) is 5.57. The largest absolute Gasteiger partial charge is 0.368 e. The summed E-state index contributed by atoms with van der Waals surface area (Å²) in [7, 11) is 0. The fourth-order valence-electron chi connectivity index (χ4n) is 3.05. The third-order valence-electron chi connectivity index (χ3n) is 4.38. The van der Waals surface area contributed by atoms with Crippen molar-refractivity contribution in [2.24, 2.45) is 0 Å². The predicted molar refractivity (Wildman–Crippen MR) is 112 cm³/mol. The van der Waals surface area contributed by atoms with Crippen LogP contribution < -0.4 is 11.1 Å². The van der Waals surface area contributed by atoms with Gasteiger partial charge in [-0.2, -0.15) is 4.98 Å². The first-order valence-corrected chi connectivity index (χ1v) is 9.22. The lowest BCUT2D eigenvalue weighted by Crippen LogP contribution is -2.05. The van der Waals surface area contributed by atoms with E-state index in [2.05, 4.69) is 56.7 Å². The van der Waals surface area contributed by atoms with Gasteiger partial charge in [0.15, 0.2) is 0 Å². The van der Waals surface area contributed by atoms with E-state index in [1.54, 1.807) is 12.3 Å². The Balaban J connectivity index is 1.52. The van der Waals surface area contributed by atoms with E-state index in [9.17, 15) is 0 Å². The molecular formula is C21H19ClN6. The smallest absolute Gasteiger partial charge is 0.223 e. The van der Waals surface area contributed by atoms with E-state index in [-0.39, 0.29) is 5.95 Å². The molecule has 3 N–H and O–H groups in total. The molecule has 0 atom stereocenters. The zero-order chi connectivity index (χ0) is 19.3. The molecule has 0 fully saturated rings. The first-order valence-electron chi connectivity index (χ1n) is 8.84. The molecule has 2 aromatic carbocycles. The third kappa shape index (κ3) is 4.29. The standard InChI is InChI=1S/C21H19ClN6/c22-19-11-20(27-21(23)26-19)25-12-17-3-1-2-4-18(17)16-7-5-15(6-8-16)13-28-10-9-24-14-28/h1-11,14H,12-13H2,(H3,23,25,26,27). The predicted octanol–water partition coefficient (Wildman–Crippen LogP) is 4.24. The van der Waals surface area contributed by atoms with Gasteiger partial charge in [-0.1, -0.05) is 60.1 Å². The highest BCUT2D eigenvalue weighted by atomic mass is 35.5. The summed E-state index contributed by atoms with van der Waals surface area (Å²) in [4.78, 5) is 12.1. The SMILES string of the molecule is Nc1nc(Cl)cc(NCc2ccccc2-c2ccc(Cn3ccnc3)cc2)n1. The average Bonchev–Trinajstić information content (AvgIpc) is 3.20. The van der Waals surface area contributed by atoms with Crippen molar-refractivity contribution in [1.82, 2.24) is 19.5 Å². The molecule has 2 aromatic heterocycles. The Kier molecular flexibility index (Phi) is 5.21. The second-order valence-electron chi connectivity index (χ2n) is 6.38. The van der Waals surface area contributed by atoms with Crippen LogP contribution in [0, 0.1) is 0 Å². The summed E-state index contributed by atoms with van der Waals surface area (Å²) in [5.74, 6) is 0.750. The molecule has 0 spiro atoms. The van der Waals surface area contributed by atoms with Gasteiger partial charge >= 0.3 is 0 Å². The van der Waals surface area contributed by atoms with Gasteiger partial charge in [0.1, 0.15) is 11.0 Å². The highest BCUT2D eigenvalue weighted by Gasteiger charge is 2.07. The summed E-state index contributed by atoms with van der Waals surface area (Å²) in [6, 6.07) is 18.5. The summed E-state index contributed by atoms with van der Waals surface area (Å²) < 4.78 is 2.05. The van der Waals surface area contributed by atoms with Crippen molar-refractivity contribution in [3.63, 3.8) is 0 Å². The van der Waals surface area contributed by atoms with Crippen LogP contribution >= 0.6 is 11.6 Å². The average molecular weight is 391 g/mol. The van der Waals surface area contributed by atoms with Crippen molar-refractivity contribution in [3.05, 3.63) is 89.6 Å². The third-order valence-corrected chi connectivity index (χ3v) is 4.57.